The Hall–Kier alpha value is -0.440. The van der Waals surface area contributed by atoms with Crippen molar-refractivity contribution in [3.8, 4) is 0 Å². The maximum atomic E-state index is 12.6. The fourth-order valence-electron chi connectivity index (χ4n) is 2.41. The lowest BCUT2D eigenvalue weighted by Gasteiger charge is -2.30. The molecular formula is C12H16BrNO4S2. The molecule has 1 N–H and O–H groups in total. The monoisotopic (exact) mass is 381 g/mol. The van der Waals surface area contributed by atoms with Crippen molar-refractivity contribution in [3.05, 3.63) is 15.4 Å². The van der Waals surface area contributed by atoms with Crippen LogP contribution in [0.15, 0.2) is 14.7 Å². The molecule has 0 radical (unpaired) electrons. The van der Waals surface area contributed by atoms with E-state index in [0.717, 1.165) is 11.3 Å². The average molecular weight is 382 g/mol. The summed E-state index contributed by atoms with van der Waals surface area (Å²) in [6, 6.07) is 1.79. The summed E-state index contributed by atoms with van der Waals surface area (Å²) in [6.07, 6.45) is 1.50. The van der Waals surface area contributed by atoms with Gasteiger partial charge in [-0.3, -0.25) is 4.79 Å². The predicted octanol–water partition coefficient (Wildman–Crippen LogP) is 2.69. The van der Waals surface area contributed by atoms with Gasteiger partial charge in [0.2, 0.25) is 0 Å². The minimum Gasteiger partial charge on any atom is -0.481 e. The van der Waals surface area contributed by atoms with E-state index >= 15 is 0 Å². The first-order valence-electron chi connectivity index (χ1n) is 6.28. The number of nitrogens with zero attached hydrogens (tertiary/aromatic N) is 1. The molecular weight excluding hydrogens is 366 g/mol. The van der Waals surface area contributed by atoms with E-state index < -0.39 is 16.0 Å². The Morgan fingerprint density at radius 3 is 2.85 bits per heavy atom. The molecule has 2 heterocycles. The Kier molecular flexibility index (Phi) is 4.88. The Morgan fingerprint density at radius 2 is 2.30 bits per heavy atom. The number of aryl methyl sites for hydroxylation is 1. The van der Waals surface area contributed by atoms with E-state index in [-0.39, 0.29) is 18.9 Å². The van der Waals surface area contributed by atoms with Gasteiger partial charge in [-0.05, 0) is 47.7 Å². The molecule has 112 valence electrons. The number of carbonyl (C=O) groups is 1. The van der Waals surface area contributed by atoms with Crippen LogP contribution < -0.4 is 0 Å². The van der Waals surface area contributed by atoms with E-state index in [2.05, 4.69) is 15.9 Å². The standard InChI is InChI=1S/C12H16BrNO4S2/c1-8-5-10(13)12(19-8)20(17,18)14-4-2-3-9(7-14)6-11(15)16/h5,9H,2-4,6-7H2,1H3,(H,15,16). The number of hydrogen-bond donors (Lipinski definition) is 1. The van der Waals surface area contributed by atoms with Crippen LogP contribution in [0.4, 0.5) is 0 Å². The minimum absolute atomic E-state index is 0.0245. The van der Waals surface area contributed by atoms with Gasteiger partial charge < -0.3 is 5.11 Å². The Balaban J connectivity index is 2.21. The Bertz CT molecular complexity index is 611. The summed E-state index contributed by atoms with van der Waals surface area (Å²) in [5.74, 6) is -0.974. The molecule has 20 heavy (non-hydrogen) atoms. The molecule has 0 bridgehead atoms. The molecule has 0 spiro atoms. The lowest BCUT2D eigenvalue weighted by atomic mass is 9.96. The van der Waals surface area contributed by atoms with Crippen LogP contribution >= 0.6 is 27.3 Å². The second kappa shape index (κ2) is 6.13. The summed E-state index contributed by atoms with van der Waals surface area (Å²) in [7, 11) is -3.53. The fraction of sp³-hybridized carbons (Fsp3) is 0.583. The van der Waals surface area contributed by atoms with Gasteiger partial charge in [-0.2, -0.15) is 4.31 Å². The first-order valence-corrected chi connectivity index (χ1v) is 9.33. The van der Waals surface area contributed by atoms with Crippen molar-refractivity contribution < 1.29 is 18.3 Å². The van der Waals surface area contributed by atoms with Gasteiger partial charge in [-0.15, -0.1) is 11.3 Å². The third-order valence-electron chi connectivity index (χ3n) is 3.30. The van der Waals surface area contributed by atoms with Crippen LogP contribution in [0.5, 0.6) is 0 Å². The quantitative estimate of drug-likeness (QED) is 0.869. The summed E-state index contributed by atoms with van der Waals surface area (Å²) in [5.41, 5.74) is 0. The van der Waals surface area contributed by atoms with E-state index in [1.165, 1.54) is 15.6 Å². The third-order valence-corrected chi connectivity index (χ3v) is 7.88. The van der Waals surface area contributed by atoms with E-state index in [0.29, 0.717) is 21.6 Å². The highest BCUT2D eigenvalue weighted by molar-refractivity contribution is 9.10. The molecule has 1 aromatic heterocycles. The molecule has 1 saturated heterocycles. The minimum atomic E-state index is -3.53. The summed E-state index contributed by atoms with van der Waals surface area (Å²) >= 11 is 4.52. The number of halogens is 1. The van der Waals surface area contributed by atoms with E-state index in [9.17, 15) is 13.2 Å². The largest absolute Gasteiger partial charge is 0.481 e. The van der Waals surface area contributed by atoms with E-state index in [4.69, 9.17) is 5.11 Å². The van der Waals surface area contributed by atoms with E-state index in [1.54, 1.807) is 6.07 Å². The number of aliphatic carboxylic acids is 1. The molecule has 1 aliphatic heterocycles. The highest BCUT2D eigenvalue weighted by Gasteiger charge is 2.33. The first kappa shape index (κ1) is 15.9. The maximum Gasteiger partial charge on any atom is 0.303 e. The Morgan fingerprint density at radius 1 is 1.60 bits per heavy atom. The van der Waals surface area contributed by atoms with Crippen LogP contribution in [0.25, 0.3) is 0 Å². The zero-order valence-electron chi connectivity index (χ0n) is 11.0. The zero-order valence-corrected chi connectivity index (χ0v) is 14.2. The van der Waals surface area contributed by atoms with Gasteiger partial charge in [0, 0.05) is 28.9 Å². The molecule has 5 nitrogen and oxygen atoms in total. The first-order chi connectivity index (χ1) is 9.30. The molecule has 1 atom stereocenters. The van der Waals surface area contributed by atoms with Gasteiger partial charge in [0.15, 0.2) is 0 Å². The SMILES string of the molecule is Cc1cc(Br)c(S(=O)(=O)N2CCCC(CC(=O)O)C2)s1. The van der Waals surface area contributed by atoms with Crippen LogP contribution in [-0.2, 0) is 14.8 Å². The summed E-state index contributed by atoms with van der Waals surface area (Å²) < 4.78 is 27.5. The van der Waals surface area contributed by atoms with Gasteiger partial charge in [0.25, 0.3) is 10.0 Å². The fourth-order valence-corrected chi connectivity index (χ4v) is 6.84. The van der Waals surface area contributed by atoms with Gasteiger partial charge >= 0.3 is 5.97 Å². The molecule has 2 rings (SSSR count). The maximum absolute atomic E-state index is 12.6. The highest BCUT2D eigenvalue weighted by atomic mass is 79.9. The molecule has 1 unspecified atom stereocenters. The molecule has 1 aliphatic rings. The molecule has 0 saturated carbocycles. The van der Waals surface area contributed by atoms with Crippen molar-refractivity contribution in [2.45, 2.75) is 30.4 Å². The zero-order chi connectivity index (χ0) is 14.9. The second-order valence-corrected chi connectivity index (χ2v) is 9.21. The van der Waals surface area contributed by atoms with Crippen LogP contribution in [0.1, 0.15) is 24.1 Å². The Labute approximate surface area is 130 Å². The van der Waals surface area contributed by atoms with Crippen molar-refractivity contribution in [1.29, 1.82) is 0 Å². The van der Waals surface area contributed by atoms with Crippen LogP contribution in [0.2, 0.25) is 0 Å². The van der Waals surface area contributed by atoms with Crippen molar-refractivity contribution in [1.82, 2.24) is 4.31 Å². The smallest absolute Gasteiger partial charge is 0.303 e. The van der Waals surface area contributed by atoms with Crippen LogP contribution in [0.3, 0.4) is 0 Å². The number of rotatable bonds is 4. The molecule has 0 aliphatic carbocycles. The third kappa shape index (κ3) is 3.41. The van der Waals surface area contributed by atoms with Crippen molar-refractivity contribution in [2.75, 3.05) is 13.1 Å². The topological polar surface area (TPSA) is 74.7 Å². The number of carboxylic acids is 1. The van der Waals surface area contributed by atoms with Crippen LogP contribution in [-0.4, -0.2) is 36.9 Å². The number of piperidine rings is 1. The van der Waals surface area contributed by atoms with Gasteiger partial charge in [0.1, 0.15) is 4.21 Å². The van der Waals surface area contributed by atoms with Gasteiger partial charge in [-0.1, -0.05) is 0 Å². The van der Waals surface area contributed by atoms with Crippen molar-refractivity contribution >= 4 is 43.3 Å². The number of sulfonamides is 1. The highest BCUT2D eigenvalue weighted by Crippen LogP contribution is 2.35. The van der Waals surface area contributed by atoms with Crippen molar-refractivity contribution in [3.63, 3.8) is 0 Å². The number of hydrogen-bond acceptors (Lipinski definition) is 4. The summed E-state index contributed by atoms with van der Waals surface area (Å²) in [5, 5.41) is 8.85. The van der Waals surface area contributed by atoms with Crippen LogP contribution in [0, 0.1) is 12.8 Å². The number of thiophene rings is 1. The van der Waals surface area contributed by atoms with E-state index in [1.807, 2.05) is 6.92 Å². The summed E-state index contributed by atoms with van der Waals surface area (Å²) in [6.45, 7) is 2.61. The predicted molar refractivity (Wildman–Crippen MR) is 80.5 cm³/mol. The lowest BCUT2D eigenvalue weighted by Crippen LogP contribution is -2.40. The lowest BCUT2D eigenvalue weighted by molar-refractivity contribution is -0.138. The van der Waals surface area contributed by atoms with Gasteiger partial charge in [0.05, 0.1) is 0 Å². The molecule has 0 amide bonds. The summed E-state index contributed by atoms with van der Waals surface area (Å²) in [4.78, 5) is 11.7. The second-order valence-electron chi connectivity index (χ2n) is 4.96. The average Bonchev–Trinajstić information content (AvgIpc) is 2.68. The molecule has 0 aromatic carbocycles. The van der Waals surface area contributed by atoms with Crippen molar-refractivity contribution in [2.24, 2.45) is 5.92 Å². The van der Waals surface area contributed by atoms with Gasteiger partial charge in [-0.25, -0.2) is 8.42 Å². The molecule has 1 aromatic rings. The molecule has 1 fully saturated rings. The normalized spacial score (nSPS) is 21.0. The number of carboxylic acid groups (broad SMARTS) is 1. The molecule has 8 heteroatoms.